The number of rotatable bonds is 0. The van der Waals surface area contributed by atoms with E-state index in [1.54, 1.807) is 0 Å². The Morgan fingerprint density at radius 1 is 1.33 bits per heavy atom. The molecule has 0 atom stereocenters. The van der Waals surface area contributed by atoms with Crippen molar-refractivity contribution in [3.63, 3.8) is 0 Å². The Labute approximate surface area is 45.1 Å². The van der Waals surface area contributed by atoms with Gasteiger partial charge in [0.05, 0.1) is 0 Å². The molecule has 1 aliphatic heterocycles. The molecule has 0 aromatic rings. The van der Waals surface area contributed by atoms with Crippen LogP contribution in [0.5, 0.6) is 0 Å². The third-order valence-electron chi connectivity index (χ3n) is 0.826. The van der Waals surface area contributed by atoms with E-state index in [4.69, 9.17) is 3.73 Å². The van der Waals surface area contributed by atoms with Gasteiger partial charge in [-0.2, -0.15) is 0 Å². The number of hydrogen-bond acceptors (Lipinski definition) is 1. The van der Waals surface area contributed by atoms with Crippen molar-refractivity contribution in [3.05, 3.63) is 0 Å². The fourth-order valence-corrected chi connectivity index (χ4v) is 2.02. The second-order valence-electron chi connectivity index (χ2n) is 1.39. The van der Waals surface area contributed by atoms with Crippen LogP contribution in [0.3, 0.4) is 0 Å². The van der Waals surface area contributed by atoms with Crippen LogP contribution in [0.4, 0.5) is 0 Å². The molecule has 1 rings (SSSR count). The molecule has 0 saturated carbocycles. The molecule has 0 bridgehead atoms. The Bertz CT molecular complexity index is 23.0. The molecule has 0 aliphatic carbocycles. The third-order valence-corrected chi connectivity index (χ3v) is 2.64. The molecular formula is C4H8AsO. The molecule has 1 aliphatic rings. The van der Waals surface area contributed by atoms with Crippen molar-refractivity contribution in [2.24, 2.45) is 0 Å². The van der Waals surface area contributed by atoms with Gasteiger partial charge in [-0.25, -0.2) is 0 Å². The van der Waals surface area contributed by atoms with Crippen molar-refractivity contribution in [2.75, 3.05) is 6.61 Å². The van der Waals surface area contributed by atoms with E-state index in [0.29, 0.717) is 16.1 Å². The van der Waals surface area contributed by atoms with E-state index in [2.05, 4.69) is 0 Å². The SMILES string of the molecule is C1CC[As]OC1. The first-order valence-electron chi connectivity index (χ1n) is 2.29. The van der Waals surface area contributed by atoms with Gasteiger partial charge in [-0.1, -0.05) is 0 Å². The average molecular weight is 147 g/mol. The summed E-state index contributed by atoms with van der Waals surface area (Å²) in [6.45, 7) is 1.04. The first-order valence-corrected chi connectivity index (χ1v) is 4.38. The van der Waals surface area contributed by atoms with Crippen molar-refractivity contribution in [3.8, 4) is 0 Å². The van der Waals surface area contributed by atoms with Crippen LogP contribution in [0, 0.1) is 0 Å². The predicted molar refractivity (Wildman–Crippen MR) is 25.7 cm³/mol. The summed E-state index contributed by atoms with van der Waals surface area (Å²) in [5.74, 6) is 0. The Balaban J connectivity index is 2.00. The van der Waals surface area contributed by atoms with Crippen LogP contribution in [0.1, 0.15) is 12.8 Å². The normalized spacial score (nSPS) is 28.0. The van der Waals surface area contributed by atoms with E-state index in [1.165, 1.54) is 18.1 Å². The maximum atomic E-state index is 5.16. The summed E-state index contributed by atoms with van der Waals surface area (Å²) in [4.78, 5) is 0. The zero-order chi connectivity index (χ0) is 4.24. The Kier molecular flexibility index (Phi) is 2.06. The molecule has 6 heavy (non-hydrogen) atoms. The van der Waals surface area contributed by atoms with E-state index in [9.17, 15) is 0 Å². The zero-order valence-electron chi connectivity index (χ0n) is 3.68. The minimum absolute atomic E-state index is 0.331. The van der Waals surface area contributed by atoms with Gasteiger partial charge in [0.2, 0.25) is 0 Å². The van der Waals surface area contributed by atoms with Crippen LogP contribution < -0.4 is 0 Å². The Morgan fingerprint density at radius 2 is 2.33 bits per heavy atom. The van der Waals surface area contributed by atoms with Crippen molar-refractivity contribution in [1.82, 2.24) is 0 Å². The van der Waals surface area contributed by atoms with E-state index < -0.39 is 0 Å². The van der Waals surface area contributed by atoms with Crippen LogP contribution in [0.2, 0.25) is 5.21 Å². The fraction of sp³-hybridized carbons (Fsp3) is 1.00. The molecule has 35 valence electrons. The summed E-state index contributed by atoms with van der Waals surface area (Å²) >= 11 is 0.331. The summed E-state index contributed by atoms with van der Waals surface area (Å²) < 4.78 is 5.16. The van der Waals surface area contributed by atoms with Crippen LogP contribution in [0.25, 0.3) is 0 Å². The van der Waals surface area contributed by atoms with Gasteiger partial charge in [-0.15, -0.1) is 0 Å². The van der Waals surface area contributed by atoms with Gasteiger partial charge in [0.25, 0.3) is 0 Å². The second-order valence-corrected chi connectivity index (χ2v) is 3.41. The van der Waals surface area contributed by atoms with Crippen molar-refractivity contribution >= 4 is 16.1 Å². The van der Waals surface area contributed by atoms with E-state index >= 15 is 0 Å². The van der Waals surface area contributed by atoms with E-state index in [1.807, 2.05) is 0 Å². The predicted octanol–water partition coefficient (Wildman–Crippen LogP) is 0.834. The molecule has 1 radical (unpaired) electrons. The Hall–Kier alpha value is 0.518. The van der Waals surface area contributed by atoms with Crippen LogP contribution in [0.15, 0.2) is 0 Å². The number of hydrogen-bond donors (Lipinski definition) is 0. The molecule has 2 heteroatoms. The topological polar surface area (TPSA) is 9.23 Å². The third kappa shape index (κ3) is 1.32. The molecule has 0 aromatic heterocycles. The van der Waals surface area contributed by atoms with E-state index in [0.717, 1.165) is 6.61 Å². The van der Waals surface area contributed by atoms with Gasteiger partial charge in [0, 0.05) is 0 Å². The quantitative estimate of drug-likeness (QED) is 0.461. The molecule has 1 fully saturated rings. The van der Waals surface area contributed by atoms with Gasteiger partial charge >= 0.3 is 44.5 Å². The molecule has 0 spiro atoms. The van der Waals surface area contributed by atoms with Gasteiger partial charge in [-0.05, 0) is 0 Å². The molecule has 1 saturated heterocycles. The maximum absolute atomic E-state index is 5.16. The first-order chi connectivity index (χ1) is 3.00. The minimum atomic E-state index is 0.331. The van der Waals surface area contributed by atoms with Gasteiger partial charge in [-0.3, -0.25) is 0 Å². The van der Waals surface area contributed by atoms with Crippen LogP contribution in [-0.4, -0.2) is 22.7 Å². The first kappa shape index (κ1) is 4.67. The standard InChI is InChI=1S/C4H8AsO/c1-2-4-6-5-3-1/h1-4H2. The molecule has 0 unspecified atom stereocenters. The molecule has 0 amide bonds. The monoisotopic (exact) mass is 147 g/mol. The molecule has 1 heterocycles. The molecule has 0 aromatic carbocycles. The summed E-state index contributed by atoms with van der Waals surface area (Å²) in [5, 5.41) is 1.37. The summed E-state index contributed by atoms with van der Waals surface area (Å²) in [6.07, 6.45) is 2.72. The summed E-state index contributed by atoms with van der Waals surface area (Å²) in [7, 11) is 0. The molecule has 0 N–H and O–H groups in total. The van der Waals surface area contributed by atoms with Crippen molar-refractivity contribution < 1.29 is 3.73 Å². The molecule has 1 nitrogen and oxygen atoms in total. The van der Waals surface area contributed by atoms with Crippen molar-refractivity contribution in [1.29, 1.82) is 0 Å². The van der Waals surface area contributed by atoms with E-state index in [-0.39, 0.29) is 0 Å². The van der Waals surface area contributed by atoms with Crippen molar-refractivity contribution in [2.45, 2.75) is 18.1 Å². The summed E-state index contributed by atoms with van der Waals surface area (Å²) in [6, 6.07) is 0. The molecular weight excluding hydrogens is 139 g/mol. The fourth-order valence-electron chi connectivity index (χ4n) is 0.472. The summed E-state index contributed by atoms with van der Waals surface area (Å²) in [5.41, 5.74) is 0. The second kappa shape index (κ2) is 2.65. The zero-order valence-corrected chi connectivity index (χ0v) is 5.56. The average Bonchev–Trinajstić information content (AvgIpc) is 1.72. The van der Waals surface area contributed by atoms with Crippen LogP contribution >= 0.6 is 0 Å². The van der Waals surface area contributed by atoms with Gasteiger partial charge < -0.3 is 0 Å². The van der Waals surface area contributed by atoms with Gasteiger partial charge in [0.1, 0.15) is 0 Å². The van der Waals surface area contributed by atoms with Crippen LogP contribution in [-0.2, 0) is 3.73 Å². The van der Waals surface area contributed by atoms with Gasteiger partial charge in [0.15, 0.2) is 0 Å². The Morgan fingerprint density at radius 3 is 2.50 bits per heavy atom.